The van der Waals surface area contributed by atoms with Crippen LogP contribution in [-0.2, 0) is 4.79 Å². The van der Waals surface area contributed by atoms with Gasteiger partial charge in [-0.2, -0.15) is 0 Å². The fourth-order valence-corrected chi connectivity index (χ4v) is 2.36. The summed E-state index contributed by atoms with van der Waals surface area (Å²) < 4.78 is 0. The van der Waals surface area contributed by atoms with Gasteiger partial charge in [-0.1, -0.05) is 26.2 Å². The van der Waals surface area contributed by atoms with Crippen molar-refractivity contribution in [2.24, 2.45) is 23.3 Å². The number of rotatable bonds is 3. The molecule has 0 radical (unpaired) electrons. The van der Waals surface area contributed by atoms with E-state index in [9.17, 15) is 4.79 Å². The van der Waals surface area contributed by atoms with Crippen LogP contribution in [0.4, 0.5) is 0 Å². The van der Waals surface area contributed by atoms with Crippen LogP contribution in [0, 0.1) is 11.8 Å². The summed E-state index contributed by atoms with van der Waals surface area (Å²) in [5.41, 5.74) is 11.1. The molecule has 1 saturated carbocycles. The minimum absolute atomic E-state index is 0.0206. The summed E-state index contributed by atoms with van der Waals surface area (Å²) in [6.45, 7) is 2.23. The largest absolute Gasteiger partial charge is 0.370 e. The molecule has 4 N–H and O–H groups in total. The Kier molecular flexibility index (Phi) is 3.72. The van der Waals surface area contributed by atoms with Crippen molar-refractivity contribution in [3.05, 3.63) is 0 Å². The quantitative estimate of drug-likeness (QED) is 0.687. The van der Waals surface area contributed by atoms with E-state index < -0.39 is 0 Å². The molecule has 1 aliphatic carbocycles. The first-order chi connectivity index (χ1) is 6.11. The number of carbonyl (C=O) groups is 1. The van der Waals surface area contributed by atoms with Crippen LogP contribution in [0.3, 0.4) is 0 Å². The molecule has 0 aromatic carbocycles. The van der Waals surface area contributed by atoms with Crippen LogP contribution in [0.5, 0.6) is 0 Å². The van der Waals surface area contributed by atoms with Crippen LogP contribution in [0.25, 0.3) is 0 Å². The molecule has 3 atom stereocenters. The Bertz CT molecular complexity index is 182. The second-order valence-corrected chi connectivity index (χ2v) is 4.26. The lowest BCUT2D eigenvalue weighted by atomic mass is 9.75. The minimum atomic E-state index is -0.273. The van der Waals surface area contributed by atoms with E-state index in [2.05, 4.69) is 6.92 Å². The van der Waals surface area contributed by atoms with E-state index in [1.165, 1.54) is 19.3 Å². The number of hydrogen-bond acceptors (Lipinski definition) is 2. The normalized spacial score (nSPS) is 31.2. The Morgan fingerprint density at radius 2 is 2.08 bits per heavy atom. The van der Waals surface area contributed by atoms with Gasteiger partial charge in [0.2, 0.25) is 5.91 Å². The average molecular weight is 184 g/mol. The van der Waals surface area contributed by atoms with Crippen LogP contribution >= 0.6 is 0 Å². The molecule has 3 heteroatoms. The first kappa shape index (κ1) is 10.5. The Balaban J connectivity index is 2.43. The Morgan fingerprint density at radius 1 is 1.46 bits per heavy atom. The van der Waals surface area contributed by atoms with E-state index in [1.807, 2.05) is 0 Å². The van der Waals surface area contributed by atoms with Crippen LogP contribution < -0.4 is 11.5 Å². The third kappa shape index (κ3) is 2.99. The van der Waals surface area contributed by atoms with Gasteiger partial charge in [-0.3, -0.25) is 4.79 Å². The van der Waals surface area contributed by atoms with Gasteiger partial charge in [-0.15, -0.1) is 0 Å². The highest BCUT2D eigenvalue weighted by molar-refractivity contribution is 5.74. The average Bonchev–Trinajstić information content (AvgIpc) is 2.03. The number of primary amides is 1. The fourth-order valence-electron chi connectivity index (χ4n) is 2.36. The minimum Gasteiger partial charge on any atom is -0.370 e. The monoisotopic (exact) mass is 184 g/mol. The maximum atomic E-state index is 10.7. The van der Waals surface area contributed by atoms with Gasteiger partial charge in [-0.25, -0.2) is 0 Å². The van der Waals surface area contributed by atoms with Crippen molar-refractivity contribution >= 4 is 5.91 Å². The zero-order chi connectivity index (χ0) is 9.84. The van der Waals surface area contributed by atoms with Gasteiger partial charge in [0.05, 0.1) is 0 Å². The maximum absolute atomic E-state index is 10.7. The van der Waals surface area contributed by atoms with Gasteiger partial charge >= 0.3 is 0 Å². The summed E-state index contributed by atoms with van der Waals surface area (Å²) in [7, 11) is 0. The van der Waals surface area contributed by atoms with E-state index in [4.69, 9.17) is 11.5 Å². The SMILES string of the molecule is CC1CCCCC1[C@H](N)CC(N)=O. The zero-order valence-electron chi connectivity index (χ0n) is 8.33. The van der Waals surface area contributed by atoms with E-state index >= 15 is 0 Å². The molecule has 0 heterocycles. The Labute approximate surface area is 79.9 Å². The van der Waals surface area contributed by atoms with Crippen LogP contribution in [0.1, 0.15) is 39.0 Å². The molecule has 2 unspecified atom stereocenters. The molecule has 0 aliphatic heterocycles. The Hall–Kier alpha value is -0.570. The summed E-state index contributed by atoms with van der Waals surface area (Å²) in [6, 6.07) is -0.0206. The zero-order valence-corrected chi connectivity index (χ0v) is 8.33. The predicted octanol–water partition coefficient (Wildman–Crippen LogP) is 1.02. The first-order valence-corrected chi connectivity index (χ1v) is 5.15. The van der Waals surface area contributed by atoms with Gasteiger partial charge in [0, 0.05) is 12.5 Å². The number of nitrogens with two attached hydrogens (primary N) is 2. The second kappa shape index (κ2) is 4.61. The molecular weight excluding hydrogens is 164 g/mol. The summed E-state index contributed by atoms with van der Waals surface area (Å²) in [6.07, 6.45) is 5.31. The van der Waals surface area contributed by atoms with Gasteiger partial charge < -0.3 is 11.5 Å². The fraction of sp³-hybridized carbons (Fsp3) is 0.900. The van der Waals surface area contributed by atoms with Crippen LogP contribution in [0.15, 0.2) is 0 Å². The molecule has 76 valence electrons. The molecule has 0 aromatic heterocycles. The van der Waals surface area contributed by atoms with Crippen molar-refractivity contribution in [3.8, 4) is 0 Å². The lowest BCUT2D eigenvalue weighted by molar-refractivity contribution is -0.118. The smallest absolute Gasteiger partial charge is 0.218 e. The highest BCUT2D eigenvalue weighted by Gasteiger charge is 2.27. The van der Waals surface area contributed by atoms with Crippen molar-refractivity contribution < 1.29 is 4.79 Å². The van der Waals surface area contributed by atoms with Crippen molar-refractivity contribution in [2.45, 2.75) is 45.1 Å². The van der Waals surface area contributed by atoms with Crippen molar-refractivity contribution in [2.75, 3.05) is 0 Å². The second-order valence-electron chi connectivity index (χ2n) is 4.26. The maximum Gasteiger partial charge on any atom is 0.218 e. The topological polar surface area (TPSA) is 69.1 Å². The van der Waals surface area contributed by atoms with Crippen LogP contribution in [-0.4, -0.2) is 11.9 Å². The first-order valence-electron chi connectivity index (χ1n) is 5.15. The lowest BCUT2D eigenvalue weighted by Crippen LogP contribution is -2.39. The van der Waals surface area contributed by atoms with E-state index in [1.54, 1.807) is 0 Å². The van der Waals surface area contributed by atoms with E-state index in [0.29, 0.717) is 18.3 Å². The molecule has 0 aromatic rings. The molecule has 0 spiro atoms. The Morgan fingerprint density at radius 3 is 2.62 bits per heavy atom. The van der Waals surface area contributed by atoms with Gasteiger partial charge in [-0.05, 0) is 18.3 Å². The van der Waals surface area contributed by atoms with Gasteiger partial charge in [0.1, 0.15) is 0 Å². The lowest BCUT2D eigenvalue weighted by Gasteiger charge is -2.32. The molecule has 0 bridgehead atoms. The summed E-state index contributed by atoms with van der Waals surface area (Å²) in [5, 5.41) is 0. The van der Waals surface area contributed by atoms with Crippen molar-refractivity contribution in [1.82, 2.24) is 0 Å². The van der Waals surface area contributed by atoms with Crippen molar-refractivity contribution in [3.63, 3.8) is 0 Å². The molecule has 3 nitrogen and oxygen atoms in total. The molecular formula is C10H20N2O. The highest BCUT2D eigenvalue weighted by atomic mass is 16.1. The third-order valence-electron chi connectivity index (χ3n) is 3.16. The molecule has 1 fully saturated rings. The van der Waals surface area contributed by atoms with Crippen molar-refractivity contribution in [1.29, 1.82) is 0 Å². The summed E-state index contributed by atoms with van der Waals surface area (Å²) >= 11 is 0. The number of amides is 1. The van der Waals surface area contributed by atoms with Gasteiger partial charge in [0.25, 0.3) is 0 Å². The summed E-state index contributed by atoms with van der Waals surface area (Å²) in [4.78, 5) is 10.7. The molecule has 1 rings (SSSR count). The number of hydrogen-bond donors (Lipinski definition) is 2. The number of carbonyl (C=O) groups excluding carboxylic acids is 1. The standard InChI is InChI=1S/C10H20N2O/c1-7-4-2-3-5-8(7)9(11)6-10(12)13/h7-9H,2-6,11H2,1H3,(H2,12,13)/t7?,8?,9-/m1/s1. The highest BCUT2D eigenvalue weighted by Crippen LogP contribution is 2.31. The molecule has 1 amide bonds. The van der Waals surface area contributed by atoms with E-state index in [0.717, 1.165) is 6.42 Å². The molecule has 0 saturated heterocycles. The van der Waals surface area contributed by atoms with Crippen LogP contribution in [0.2, 0.25) is 0 Å². The predicted molar refractivity (Wildman–Crippen MR) is 52.9 cm³/mol. The molecule has 1 aliphatic rings. The molecule has 13 heavy (non-hydrogen) atoms. The van der Waals surface area contributed by atoms with Gasteiger partial charge in [0.15, 0.2) is 0 Å². The third-order valence-corrected chi connectivity index (χ3v) is 3.16. The van der Waals surface area contributed by atoms with E-state index in [-0.39, 0.29) is 11.9 Å². The summed E-state index contributed by atoms with van der Waals surface area (Å²) in [5.74, 6) is 0.884.